The summed E-state index contributed by atoms with van der Waals surface area (Å²) < 4.78 is 12.3. The van der Waals surface area contributed by atoms with Gasteiger partial charge in [0.2, 0.25) is 17.7 Å². The molecule has 0 aromatic rings. The van der Waals surface area contributed by atoms with E-state index < -0.39 is 47.7 Å². The average Bonchev–Trinajstić information content (AvgIpc) is 3.54. The summed E-state index contributed by atoms with van der Waals surface area (Å²) in [4.78, 5) is 57.3. The van der Waals surface area contributed by atoms with Crippen molar-refractivity contribution in [1.29, 1.82) is 0 Å². The van der Waals surface area contributed by atoms with Crippen molar-refractivity contribution in [2.75, 3.05) is 26.2 Å². The van der Waals surface area contributed by atoms with Gasteiger partial charge >= 0.3 is 5.97 Å². The monoisotopic (exact) mass is 653 g/mol. The van der Waals surface area contributed by atoms with Crippen LogP contribution in [-0.4, -0.2) is 99.6 Å². The molecule has 236 valence electrons. The highest BCUT2D eigenvalue weighted by Gasteiger charge is 2.77. The van der Waals surface area contributed by atoms with Crippen molar-refractivity contribution >= 4 is 39.6 Å². The Bertz CT molecular complexity index is 1020. The van der Waals surface area contributed by atoms with E-state index in [2.05, 4.69) is 41.3 Å². The molecule has 1 unspecified atom stereocenters. The molecule has 0 saturated carbocycles. The minimum atomic E-state index is -1.24. The van der Waals surface area contributed by atoms with E-state index in [1.165, 1.54) is 4.90 Å². The van der Waals surface area contributed by atoms with Crippen molar-refractivity contribution in [3.05, 3.63) is 25.3 Å². The number of carbonyl (C=O) groups excluding carboxylic acids is 4. The number of halogens is 1. The number of fused-ring (bicyclic) bond motifs is 1. The first-order chi connectivity index (χ1) is 20.0. The molecule has 3 fully saturated rings. The summed E-state index contributed by atoms with van der Waals surface area (Å²) >= 11 is 3.68. The first-order valence-corrected chi connectivity index (χ1v) is 16.1. The number of alkyl halides is 1. The summed E-state index contributed by atoms with van der Waals surface area (Å²) in [6.45, 7) is 15.6. The molecule has 3 heterocycles. The van der Waals surface area contributed by atoms with Crippen LogP contribution in [-0.2, 0) is 28.7 Å². The maximum atomic E-state index is 14.4. The molecular weight excluding hydrogens is 606 g/mol. The van der Waals surface area contributed by atoms with Crippen LogP contribution in [0.2, 0.25) is 0 Å². The van der Waals surface area contributed by atoms with Gasteiger partial charge in [-0.3, -0.25) is 19.2 Å². The van der Waals surface area contributed by atoms with Gasteiger partial charge in [-0.2, -0.15) is 0 Å². The van der Waals surface area contributed by atoms with Gasteiger partial charge < -0.3 is 29.7 Å². The molecule has 11 heteroatoms. The van der Waals surface area contributed by atoms with Gasteiger partial charge in [-0.15, -0.1) is 13.2 Å². The van der Waals surface area contributed by atoms with E-state index in [0.717, 1.165) is 19.3 Å². The normalized spacial score (nSPS) is 29.3. The second-order valence-electron chi connectivity index (χ2n) is 12.1. The molecule has 1 spiro atoms. The van der Waals surface area contributed by atoms with Crippen molar-refractivity contribution in [3.8, 4) is 0 Å². The fraction of sp³-hybridized carbons (Fsp3) is 0.742. The molecule has 0 radical (unpaired) electrons. The van der Waals surface area contributed by atoms with Gasteiger partial charge in [-0.1, -0.05) is 61.7 Å². The quantitative estimate of drug-likeness (QED) is 0.107. The molecule has 2 bridgehead atoms. The Morgan fingerprint density at radius 1 is 1.26 bits per heavy atom. The van der Waals surface area contributed by atoms with Crippen LogP contribution in [0, 0.1) is 17.8 Å². The van der Waals surface area contributed by atoms with Crippen LogP contribution in [0.5, 0.6) is 0 Å². The van der Waals surface area contributed by atoms with Crippen molar-refractivity contribution in [2.45, 2.75) is 101 Å². The lowest BCUT2D eigenvalue weighted by Crippen LogP contribution is -2.60. The Kier molecular flexibility index (Phi) is 12.2. The topological polar surface area (TPSA) is 125 Å². The van der Waals surface area contributed by atoms with Gasteiger partial charge in [0.05, 0.1) is 37.1 Å². The maximum absolute atomic E-state index is 14.4. The lowest BCUT2D eigenvalue weighted by Gasteiger charge is -2.40. The Labute approximate surface area is 258 Å². The second kappa shape index (κ2) is 15.0. The molecular formula is C31H48BrN3O7. The third-order valence-electron chi connectivity index (χ3n) is 8.72. The van der Waals surface area contributed by atoms with Crippen molar-refractivity contribution < 1.29 is 33.8 Å². The standard InChI is InChI=1S/C31H48BrN3O7/c1-7-10-12-15-34(14-9-3)29(39)27-31-16-21(32)26(42-31)24(25(31)28(38)35(27)22(18-36)19(4)5)30(40)41-20(6)17-33-23(37)13-11-8-2/h8-9,19-22,24-27,36H,2-3,7,10-18H2,1,4-6H3,(H,33,37)/t20-,21?,22+,24+,25-,26+,27+,31-/m1/s1. The molecule has 3 rings (SSSR count). The second-order valence-corrected chi connectivity index (χ2v) is 13.2. The Hall–Kier alpha value is -2.24. The van der Waals surface area contributed by atoms with E-state index >= 15 is 0 Å². The van der Waals surface area contributed by atoms with Crippen LogP contribution < -0.4 is 5.32 Å². The van der Waals surface area contributed by atoms with Gasteiger partial charge in [0.25, 0.3) is 0 Å². The first-order valence-electron chi connectivity index (χ1n) is 15.2. The molecule has 0 aromatic heterocycles. The smallest absolute Gasteiger partial charge is 0.312 e. The van der Waals surface area contributed by atoms with Crippen LogP contribution in [0.15, 0.2) is 25.3 Å². The molecule has 3 aliphatic heterocycles. The number of carbonyl (C=O) groups is 4. The SMILES string of the molecule is C=CCCC(=O)NC[C@@H](C)OC(=O)[C@@H]1[C@H]2O[C@@]3(CC2Br)[C@H](C(=O)N(CC=C)CCCCC)N([C@@H](CO)C(C)C)C(=O)[C@@H]13. The van der Waals surface area contributed by atoms with E-state index in [1.54, 1.807) is 24.0 Å². The van der Waals surface area contributed by atoms with Crippen LogP contribution in [0.25, 0.3) is 0 Å². The van der Waals surface area contributed by atoms with Crippen LogP contribution in [0.1, 0.15) is 66.2 Å². The number of likely N-dealkylation sites (tertiary alicyclic amines) is 1. The number of unbranched alkanes of at least 4 members (excludes halogenated alkanes) is 2. The number of amides is 3. The number of esters is 1. The number of nitrogens with zero attached hydrogens (tertiary/aromatic N) is 2. The average molecular weight is 655 g/mol. The Morgan fingerprint density at radius 3 is 2.57 bits per heavy atom. The summed E-state index contributed by atoms with van der Waals surface area (Å²) in [6, 6.07) is -1.63. The predicted octanol–water partition coefficient (Wildman–Crippen LogP) is 2.97. The third-order valence-corrected chi connectivity index (χ3v) is 9.56. The number of hydrogen-bond acceptors (Lipinski definition) is 7. The summed E-state index contributed by atoms with van der Waals surface area (Å²) in [5.41, 5.74) is -1.24. The molecule has 0 aromatic carbocycles. The Balaban J connectivity index is 1.93. The highest BCUT2D eigenvalue weighted by Crippen LogP contribution is 2.61. The molecule has 8 atom stereocenters. The van der Waals surface area contributed by atoms with Crippen molar-refractivity contribution in [3.63, 3.8) is 0 Å². The zero-order valence-electron chi connectivity index (χ0n) is 25.4. The van der Waals surface area contributed by atoms with E-state index in [1.807, 2.05) is 13.8 Å². The predicted molar refractivity (Wildman–Crippen MR) is 163 cm³/mol. The van der Waals surface area contributed by atoms with E-state index in [0.29, 0.717) is 32.4 Å². The Morgan fingerprint density at radius 2 is 1.98 bits per heavy atom. The highest BCUT2D eigenvalue weighted by atomic mass is 79.9. The number of aliphatic hydroxyl groups excluding tert-OH is 1. The summed E-state index contributed by atoms with van der Waals surface area (Å²) in [7, 11) is 0. The minimum absolute atomic E-state index is 0.128. The third kappa shape index (κ3) is 6.78. The largest absolute Gasteiger partial charge is 0.460 e. The van der Waals surface area contributed by atoms with E-state index in [9.17, 15) is 24.3 Å². The number of aliphatic hydroxyl groups is 1. The zero-order chi connectivity index (χ0) is 31.2. The van der Waals surface area contributed by atoms with Crippen LogP contribution in [0.3, 0.4) is 0 Å². The molecule has 42 heavy (non-hydrogen) atoms. The molecule has 0 aliphatic carbocycles. The molecule has 2 N–H and O–H groups in total. The summed E-state index contributed by atoms with van der Waals surface area (Å²) in [5.74, 6) is -3.41. The fourth-order valence-corrected chi connectivity index (χ4v) is 7.61. The number of ether oxygens (including phenoxy) is 2. The van der Waals surface area contributed by atoms with E-state index in [4.69, 9.17) is 9.47 Å². The molecule has 3 aliphatic rings. The zero-order valence-corrected chi connectivity index (χ0v) is 27.0. The van der Waals surface area contributed by atoms with Crippen molar-refractivity contribution in [2.24, 2.45) is 17.8 Å². The van der Waals surface area contributed by atoms with Gasteiger partial charge in [0, 0.05) is 24.3 Å². The van der Waals surface area contributed by atoms with E-state index in [-0.39, 0.29) is 41.6 Å². The van der Waals surface area contributed by atoms with Crippen molar-refractivity contribution in [1.82, 2.24) is 15.1 Å². The minimum Gasteiger partial charge on any atom is -0.460 e. The molecule has 3 amide bonds. The van der Waals surface area contributed by atoms with Crippen LogP contribution in [0.4, 0.5) is 0 Å². The van der Waals surface area contributed by atoms with Gasteiger partial charge in [-0.05, 0) is 32.1 Å². The lowest BCUT2D eigenvalue weighted by molar-refractivity contribution is -0.160. The summed E-state index contributed by atoms with van der Waals surface area (Å²) in [6.07, 6.45) is 6.00. The fourth-order valence-electron chi connectivity index (χ4n) is 6.66. The lowest BCUT2D eigenvalue weighted by atomic mass is 9.70. The summed E-state index contributed by atoms with van der Waals surface area (Å²) in [5, 5.41) is 13.2. The molecule has 3 saturated heterocycles. The number of allylic oxidation sites excluding steroid dienone is 1. The number of hydrogen-bond donors (Lipinski definition) is 2. The van der Waals surface area contributed by atoms with Gasteiger partial charge in [0.1, 0.15) is 17.7 Å². The van der Waals surface area contributed by atoms with Gasteiger partial charge in [-0.25, -0.2) is 0 Å². The highest BCUT2D eigenvalue weighted by molar-refractivity contribution is 9.09. The maximum Gasteiger partial charge on any atom is 0.312 e. The first kappa shape index (κ1) is 34.3. The number of nitrogens with one attached hydrogen (secondary N) is 1. The van der Waals surface area contributed by atoms with Crippen LogP contribution >= 0.6 is 15.9 Å². The molecule has 10 nitrogen and oxygen atoms in total. The van der Waals surface area contributed by atoms with Gasteiger partial charge in [0.15, 0.2) is 0 Å². The number of rotatable bonds is 17.